The third-order valence-corrected chi connectivity index (χ3v) is 4.69. The first kappa shape index (κ1) is 16.6. The van der Waals surface area contributed by atoms with Crippen LogP contribution in [0.2, 0.25) is 0 Å². The van der Waals surface area contributed by atoms with E-state index in [1.807, 2.05) is 18.2 Å². The van der Waals surface area contributed by atoms with Crippen LogP contribution >= 0.6 is 0 Å². The van der Waals surface area contributed by atoms with Gasteiger partial charge in [0, 0.05) is 12.1 Å². The van der Waals surface area contributed by atoms with E-state index in [0.717, 1.165) is 12.8 Å². The van der Waals surface area contributed by atoms with Gasteiger partial charge in [-0.15, -0.1) is 0 Å². The number of aliphatic hydroxyl groups excluding tert-OH is 1. The Morgan fingerprint density at radius 3 is 2.67 bits per heavy atom. The average molecular weight is 330 g/mol. The Kier molecular flexibility index (Phi) is 4.92. The molecule has 1 aliphatic carbocycles. The van der Waals surface area contributed by atoms with Gasteiger partial charge in [0.2, 0.25) is 0 Å². The molecule has 0 aliphatic heterocycles. The molecule has 7 heteroatoms. The molecular formula is C17H22N4O3. The summed E-state index contributed by atoms with van der Waals surface area (Å²) in [5.41, 5.74) is 1.11. The number of aliphatic hydroxyl groups is 1. The fourth-order valence-electron chi connectivity index (χ4n) is 3.44. The number of hydrogen-bond donors (Lipinski definition) is 2. The van der Waals surface area contributed by atoms with Crippen LogP contribution in [0.15, 0.2) is 42.7 Å². The number of nitro groups is 1. The summed E-state index contributed by atoms with van der Waals surface area (Å²) in [6.07, 6.45) is 6.32. The van der Waals surface area contributed by atoms with Gasteiger partial charge in [0.25, 0.3) is 0 Å². The maximum Gasteiger partial charge on any atom is 0.306 e. The van der Waals surface area contributed by atoms with Crippen LogP contribution in [0.1, 0.15) is 31.2 Å². The Balaban J connectivity index is 1.61. The van der Waals surface area contributed by atoms with E-state index in [1.54, 1.807) is 0 Å². The molecule has 2 N–H and O–H groups in total. The van der Waals surface area contributed by atoms with E-state index in [1.165, 1.54) is 35.5 Å². The van der Waals surface area contributed by atoms with Gasteiger partial charge in [-0.2, -0.15) is 5.10 Å². The van der Waals surface area contributed by atoms with Crippen molar-refractivity contribution >= 4 is 5.69 Å². The molecule has 0 spiro atoms. The van der Waals surface area contributed by atoms with Crippen molar-refractivity contribution in [2.24, 2.45) is 0 Å². The van der Waals surface area contributed by atoms with E-state index in [-0.39, 0.29) is 17.8 Å². The zero-order valence-electron chi connectivity index (χ0n) is 13.5. The Labute approximate surface area is 140 Å². The molecule has 1 heterocycles. The van der Waals surface area contributed by atoms with Gasteiger partial charge in [-0.25, -0.2) is 0 Å². The predicted molar refractivity (Wildman–Crippen MR) is 89.5 cm³/mol. The number of aromatic nitrogens is 2. The zero-order chi connectivity index (χ0) is 17.0. The van der Waals surface area contributed by atoms with Crippen LogP contribution in [0.25, 0.3) is 0 Å². The van der Waals surface area contributed by atoms with Crippen molar-refractivity contribution < 1.29 is 10.0 Å². The molecule has 0 amide bonds. The Morgan fingerprint density at radius 2 is 2.04 bits per heavy atom. The fourth-order valence-corrected chi connectivity index (χ4v) is 3.44. The molecule has 1 aliphatic rings. The van der Waals surface area contributed by atoms with Gasteiger partial charge < -0.3 is 10.4 Å². The first-order chi connectivity index (χ1) is 11.6. The summed E-state index contributed by atoms with van der Waals surface area (Å²) in [7, 11) is 0. The maximum absolute atomic E-state index is 10.7. The van der Waals surface area contributed by atoms with E-state index >= 15 is 0 Å². The van der Waals surface area contributed by atoms with E-state index in [2.05, 4.69) is 22.5 Å². The van der Waals surface area contributed by atoms with E-state index in [9.17, 15) is 15.2 Å². The Morgan fingerprint density at radius 1 is 1.33 bits per heavy atom. The van der Waals surface area contributed by atoms with Crippen molar-refractivity contribution in [1.29, 1.82) is 0 Å². The van der Waals surface area contributed by atoms with Crippen molar-refractivity contribution in [1.82, 2.24) is 15.1 Å². The minimum absolute atomic E-state index is 0.0632. The maximum atomic E-state index is 10.7. The van der Waals surface area contributed by atoms with Crippen LogP contribution in [-0.2, 0) is 12.1 Å². The number of rotatable bonds is 7. The smallest absolute Gasteiger partial charge is 0.306 e. The van der Waals surface area contributed by atoms with E-state index in [4.69, 9.17) is 0 Å². The van der Waals surface area contributed by atoms with Gasteiger partial charge in [0.05, 0.1) is 17.6 Å². The molecule has 1 aromatic carbocycles. The number of nitrogens with one attached hydrogen (secondary N) is 1. The van der Waals surface area contributed by atoms with E-state index in [0.29, 0.717) is 6.54 Å². The summed E-state index contributed by atoms with van der Waals surface area (Å²) in [6.45, 7) is 0.647. The molecule has 2 aromatic rings. The predicted octanol–water partition coefficient (Wildman–Crippen LogP) is 2.21. The first-order valence-electron chi connectivity index (χ1n) is 8.24. The van der Waals surface area contributed by atoms with Crippen LogP contribution in [0.4, 0.5) is 5.69 Å². The van der Waals surface area contributed by atoms with Crippen LogP contribution in [-0.4, -0.2) is 32.5 Å². The third-order valence-electron chi connectivity index (χ3n) is 4.69. The monoisotopic (exact) mass is 330 g/mol. The van der Waals surface area contributed by atoms with Crippen molar-refractivity contribution in [3.05, 3.63) is 58.4 Å². The van der Waals surface area contributed by atoms with Crippen LogP contribution < -0.4 is 5.32 Å². The highest BCUT2D eigenvalue weighted by Crippen LogP contribution is 2.38. The molecule has 0 saturated heterocycles. The number of hydrogen-bond acceptors (Lipinski definition) is 5. The average Bonchev–Trinajstić information content (AvgIpc) is 3.24. The minimum Gasteiger partial charge on any atom is -0.390 e. The molecule has 7 nitrogen and oxygen atoms in total. The standard InChI is InChI=1S/C17H22N4O3/c22-16(13-20-12-15(10-19-20)21(23)24)11-18-17(8-4-5-9-17)14-6-2-1-3-7-14/h1-3,6-7,10,12,16,18,22H,4-5,8-9,11,13H2. The van der Waals surface area contributed by atoms with Crippen molar-refractivity contribution in [3.8, 4) is 0 Å². The second kappa shape index (κ2) is 7.11. The quantitative estimate of drug-likeness (QED) is 0.600. The lowest BCUT2D eigenvalue weighted by Gasteiger charge is -2.32. The number of nitrogens with zero attached hydrogens (tertiary/aromatic N) is 3. The summed E-state index contributed by atoms with van der Waals surface area (Å²) in [4.78, 5) is 10.2. The van der Waals surface area contributed by atoms with Crippen LogP contribution in [0.3, 0.4) is 0 Å². The van der Waals surface area contributed by atoms with Gasteiger partial charge in [0.1, 0.15) is 12.4 Å². The molecule has 24 heavy (non-hydrogen) atoms. The van der Waals surface area contributed by atoms with Crippen molar-refractivity contribution in [2.45, 2.75) is 43.9 Å². The summed E-state index contributed by atoms with van der Waals surface area (Å²) in [6, 6.07) is 10.3. The SMILES string of the molecule is O=[N+]([O-])c1cnn(CC(O)CNC2(c3ccccc3)CCCC2)c1. The Hall–Kier alpha value is -2.25. The lowest BCUT2D eigenvalue weighted by molar-refractivity contribution is -0.385. The molecule has 1 saturated carbocycles. The highest BCUT2D eigenvalue weighted by atomic mass is 16.6. The van der Waals surface area contributed by atoms with E-state index < -0.39 is 11.0 Å². The molecule has 1 aromatic heterocycles. The molecule has 3 rings (SSSR count). The molecule has 0 bridgehead atoms. The lowest BCUT2D eigenvalue weighted by Crippen LogP contribution is -2.44. The van der Waals surface area contributed by atoms with Gasteiger partial charge in [0.15, 0.2) is 0 Å². The van der Waals surface area contributed by atoms with Gasteiger partial charge in [-0.3, -0.25) is 14.8 Å². The van der Waals surface area contributed by atoms with Crippen molar-refractivity contribution in [3.63, 3.8) is 0 Å². The largest absolute Gasteiger partial charge is 0.390 e. The summed E-state index contributed by atoms with van der Waals surface area (Å²) in [5, 5.41) is 28.4. The molecule has 128 valence electrons. The highest BCUT2D eigenvalue weighted by molar-refractivity contribution is 5.25. The van der Waals surface area contributed by atoms with Gasteiger partial charge in [-0.1, -0.05) is 43.2 Å². The van der Waals surface area contributed by atoms with Crippen LogP contribution in [0.5, 0.6) is 0 Å². The van der Waals surface area contributed by atoms with Gasteiger partial charge >= 0.3 is 5.69 Å². The third kappa shape index (κ3) is 3.63. The normalized spacial score (nSPS) is 17.7. The Bertz CT molecular complexity index is 680. The van der Waals surface area contributed by atoms with Crippen LogP contribution in [0, 0.1) is 10.1 Å². The first-order valence-corrected chi connectivity index (χ1v) is 8.24. The lowest BCUT2D eigenvalue weighted by atomic mass is 9.88. The second-order valence-electron chi connectivity index (χ2n) is 6.37. The number of benzene rings is 1. The molecule has 1 atom stereocenters. The summed E-state index contributed by atoms with van der Waals surface area (Å²) in [5.74, 6) is 0. The molecule has 0 radical (unpaired) electrons. The molecular weight excluding hydrogens is 308 g/mol. The zero-order valence-corrected chi connectivity index (χ0v) is 13.5. The molecule has 1 unspecified atom stereocenters. The summed E-state index contributed by atoms with van der Waals surface area (Å²) >= 11 is 0. The highest BCUT2D eigenvalue weighted by Gasteiger charge is 2.35. The van der Waals surface area contributed by atoms with Crippen molar-refractivity contribution in [2.75, 3.05) is 6.54 Å². The topological polar surface area (TPSA) is 93.2 Å². The summed E-state index contributed by atoms with van der Waals surface area (Å²) < 4.78 is 1.41. The minimum atomic E-state index is -0.661. The fraction of sp³-hybridized carbons (Fsp3) is 0.471. The van der Waals surface area contributed by atoms with Gasteiger partial charge in [-0.05, 0) is 18.4 Å². The second-order valence-corrected chi connectivity index (χ2v) is 6.37. The molecule has 1 fully saturated rings.